The standard InChI is InChI=1S/C15H14Cl2S/c16-10-11-18-15(12-4-2-1-3-5-12)13-6-8-14(17)9-7-13/h1-9,15H,10-11H2/t15-/m1/s1. The van der Waals surface area contributed by atoms with Crippen LogP contribution in [0.1, 0.15) is 16.4 Å². The molecule has 3 heteroatoms. The van der Waals surface area contributed by atoms with Crippen molar-refractivity contribution >= 4 is 35.0 Å². The minimum absolute atomic E-state index is 0.321. The second kappa shape index (κ2) is 7.08. The third-order valence-corrected chi connectivity index (χ3v) is 4.62. The summed E-state index contributed by atoms with van der Waals surface area (Å²) < 4.78 is 0. The van der Waals surface area contributed by atoms with E-state index in [-0.39, 0.29) is 0 Å². The van der Waals surface area contributed by atoms with Gasteiger partial charge in [-0.3, -0.25) is 0 Å². The van der Waals surface area contributed by atoms with E-state index in [1.54, 1.807) is 0 Å². The second-order valence-corrected chi connectivity index (χ2v) is 5.93. The summed E-state index contributed by atoms with van der Waals surface area (Å²) >= 11 is 13.6. The van der Waals surface area contributed by atoms with Crippen molar-refractivity contribution in [2.24, 2.45) is 0 Å². The predicted molar refractivity (Wildman–Crippen MR) is 82.9 cm³/mol. The van der Waals surface area contributed by atoms with Crippen molar-refractivity contribution in [1.82, 2.24) is 0 Å². The molecule has 0 aromatic heterocycles. The molecule has 0 aliphatic rings. The van der Waals surface area contributed by atoms with E-state index in [0.717, 1.165) is 10.8 Å². The normalized spacial score (nSPS) is 12.3. The summed E-state index contributed by atoms with van der Waals surface area (Å²) in [5.41, 5.74) is 2.57. The summed E-state index contributed by atoms with van der Waals surface area (Å²) in [6.07, 6.45) is 0. The lowest BCUT2D eigenvalue weighted by atomic mass is 10.0. The van der Waals surface area contributed by atoms with Crippen LogP contribution >= 0.6 is 35.0 Å². The first kappa shape index (κ1) is 13.8. The Morgan fingerprint density at radius 3 is 2.11 bits per heavy atom. The van der Waals surface area contributed by atoms with Crippen LogP contribution in [0.25, 0.3) is 0 Å². The summed E-state index contributed by atoms with van der Waals surface area (Å²) in [4.78, 5) is 0. The molecule has 0 bridgehead atoms. The molecular formula is C15H14Cl2S. The molecule has 0 amide bonds. The van der Waals surface area contributed by atoms with Crippen molar-refractivity contribution in [3.8, 4) is 0 Å². The molecular weight excluding hydrogens is 283 g/mol. The van der Waals surface area contributed by atoms with Crippen LogP contribution in [-0.4, -0.2) is 11.6 Å². The van der Waals surface area contributed by atoms with Crippen LogP contribution in [0.3, 0.4) is 0 Å². The minimum Gasteiger partial charge on any atom is -0.148 e. The van der Waals surface area contributed by atoms with Gasteiger partial charge in [-0.25, -0.2) is 0 Å². The Labute approximate surface area is 122 Å². The van der Waals surface area contributed by atoms with Crippen LogP contribution in [0.15, 0.2) is 54.6 Å². The third-order valence-electron chi connectivity index (χ3n) is 2.64. The van der Waals surface area contributed by atoms with Crippen LogP contribution in [0.5, 0.6) is 0 Å². The molecule has 94 valence electrons. The zero-order chi connectivity index (χ0) is 12.8. The third kappa shape index (κ3) is 3.68. The quantitative estimate of drug-likeness (QED) is 0.666. The first-order valence-electron chi connectivity index (χ1n) is 5.79. The number of benzene rings is 2. The zero-order valence-corrected chi connectivity index (χ0v) is 12.2. The summed E-state index contributed by atoms with van der Waals surface area (Å²) in [6.45, 7) is 0. The van der Waals surface area contributed by atoms with Gasteiger partial charge in [0, 0.05) is 16.7 Å². The molecule has 0 aliphatic heterocycles. The first-order valence-corrected chi connectivity index (χ1v) is 7.75. The molecule has 0 spiro atoms. The van der Waals surface area contributed by atoms with Crippen molar-refractivity contribution in [2.75, 3.05) is 11.6 Å². The van der Waals surface area contributed by atoms with Gasteiger partial charge >= 0.3 is 0 Å². The smallest absolute Gasteiger partial charge is 0.0546 e. The van der Waals surface area contributed by atoms with Gasteiger partial charge in [0.05, 0.1) is 5.25 Å². The highest BCUT2D eigenvalue weighted by Gasteiger charge is 2.13. The van der Waals surface area contributed by atoms with Crippen LogP contribution < -0.4 is 0 Å². The number of halogens is 2. The van der Waals surface area contributed by atoms with Crippen LogP contribution in [0.2, 0.25) is 5.02 Å². The van der Waals surface area contributed by atoms with Crippen LogP contribution in [0, 0.1) is 0 Å². The molecule has 1 atom stereocenters. The first-order chi connectivity index (χ1) is 8.81. The van der Waals surface area contributed by atoms with Crippen molar-refractivity contribution in [1.29, 1.82) is 0 Å². The molecule has 0 radical (unpaired) electrons. The minimum atomic E-state index is 0.321. The number of alkyl halides is 1. The molecule has 0 unspecified atom stereocenters. The molecule has 0 saturated heterocycles. The SMILES string of the molecule is ClCCS[C@H](c1ccccc1)c1ccc(Cl)cc1. The maximum absolute atomic E-state index is 5.94. The zero-order valence-electron chi connectivity index (χ0n) is 9.85. The highest BCUT2D eigenvalue weighted by molar-refractivity contribution is 7.99. The van der Waals surface area contributed by atoms with Crippen molar-refractivity contribution < 1.29 is 0 Å². The monoisotopic (exact) mass is 296 g/mol. The molecule has 2 aromatic rings. The van der Waals surface area contributed by atoms with E-state index in [9.17, 15) is 0 Å². The Bertz CT molecular complexity index is 468. The van der Waals surface area contributed by atoms with E-state index >= 15 is 0 Å². The van der Waals surface area contributed by atoms with Gasteiger partial charge in [0.25, 0.3) is 0 Å². The van der Waals surface area contributed by atoms with Gasteiger partial charge in [-0.15, -0.1) is 23.4 Å². The van der Waals surface area contributed by atoms with E-state index in [0.29, 0.717) is 11.1 Å². The highest BCUT2D eigenvalue weighted by atomic mass is 35.5. The predicted octanol–water partition coefficient (Wildman–Crippen LogP) is 5.40. The average molecular weight is 297 g/mol. The molecule has 2 aromatic carbocycles. The number of rotatable bonds is 5. The maximum Gasteiger partial charge on any atom is 0.0546 e. The fourth-order valence-electron chi connectivity index (χ4n) is 1.81. The molecule has 0 nitrogen and oxygen atoms in total. The lowest BCUT2D eigenvalue weighted by Crippen LogP contribution is -1.98. The Balaban J connectivity index is 2.27. The molecule has 2 rings (SSSR count). The molecule has 0 heterocycles. The van der Waals surface area contributed by atoms with Gasteiger partial charge in [-0.2, -0.15) is 0 Å². The van der Waals surface area contributed by atoms with Crippen molar-refractivity contribution in [3.05, 3.63) is 70.7 Å². The van der Waals surface area contributed by atoms with Gasteiger partial charge in [0.15, 0.2) is 0 Å². The Hall–Kier alpha value is -0.630. The molecule has 0 aliphatic carbocycles. The van der Waals surface area contributed by atoms with Crippen LogP contribution in [0.4, 0.5) is 0 Å². The molecule has 0 saturated carbocycles. The van der Waals surface area contributed by atoms with E-state index in [2.05, 4.69) is 36.4 Å². The Morgan fingerprint density at radius 1 is 0.889 bits per heavy atom. The summed E-state index contributed by atoms with van der Waals surface area (Å²) in [5, 5.41) is 1.09. The van der Waals surface area contributed by atoms with E-state index in [4.69, 9.17) is 23.2 Å². The van der Waals surface area contributed by atoms with Crippen molar-refractivity contribution in [2.45, 2.75) is 5.25 Å². The lowest BCUT2D eigenvalue weighted by molar-refractivity contribution is 1.15. The van der Waals surface area contributed by atoms with E-state index < -0.39 is 0 Å². The fourth-order valence-corrected chi connectivity index (χ4v) is 3.23. The van der Waals surface area contributed by atoms with E-state index in [1.807, 2.05) is 30.0 Å². The maximum atomic E-state index is 5.94. The van der Waals surface area contributed by atoms with Crippen molar-refractivity contribution in [3.63, 3.8) is 0 Å². The van der Waals surface area contributed by atoms with Crippen LogP contribution in [-0.2, 0) is 0 Å². The molecule has 18 heavy (non-hydrogen) atoms. The Morgan fingerprint density at radius 2 is 1.50 bits per heavy atom. The van der Waals surface area contributed by atoms with Gasteiger partial charge in [0.2, 0.25) is 0 Å². The topological polar surface area (TPSA) is 0 Å². The van der Waals surface area contributed by atoms with Gasteiger partial charge in [-0.05, 0) is 23.3 Å². The van der Waals surface area contributed by atoms with Gasteiger partial charge in [-0.1, -0.05) is 54.1 Å². The molecule has 0 N–H and O–H groups in total. The number of thioether (sulfide) groups is 1. The highest BCUT2D eigenvalue weighted by Crippen LogP contribution is 2.35. The van der Waals surface area contributed by atoms with E-state index in [1.165, 1.54) is 11.1 Å². The summed E-state index contributed by atoms with van der Waals surface area (Å²) in [6, 6.07) is 18.5. The largest absolute Gasteiger partial charge is 0.148 e. The Kier molecular flexibility index (Phi) is 5.43. The lowest BCUT2D eigenvalue weighted by Gasteiger charge is -2.17. The summed E-state index contributed by atoms with van der Waals surface area (Å²) in [5.74, 6) is 1.60. The fraction of sp³-hybridized carbons (Fsp3) is 0.200. The second-order valence-electron chi connectivity index (χ2n) is 3.90. The average Bonchev–Trinajstić information content (AvgIpc) is 2.42. The van der Waals surface area contributed by atoms with Gasteiger partial charge in [0.1, 0.15) is 0 Å². The number of hydrogen-bond donors (Lipinski definition) is 0. The number of hydrogen-bond acceptors (Lipinski definition) is 1. The van der Waals surface area contributed by atoms with Gasteiger partial charge < -0.3 is 0 Å². The molecule has 0 fully saturated rings. The summed E-state index contributed by atoms with van der Waals surface area (Å²) in [7, 11) is 0.